The molecule has 20 heavy (non-hydrogen) atoms. The smallest absolute Gasteiger partial charge is 0.159 e. The summed E-state index contributed by atoms with van der Waals surface area (Å²) in [6, 6.07) is 0. The number of hydrogen-bond donors (Lipinski definition) is 1. The minimum atomic E-state index is 0.0735. The molecule has 1 N–H and O–H groups in total. The lowest BCUT2D eigenvalue weighted by Gasteiger charge is -2.23. The zero-order chi connectivity index (χ0) is 14.8. The standard InChI is InChI=1S/C16H26N4/c1-6-8-9-17-14-12-10-19-20(7-2)15(12)18-11-13(14)16(3,4)5/h10-11H,6-9H2,1-5H3,(H,17,18). The van der Waals surface area contributed by atoms with Crippen LogP contribution in [-0.4, -0.2) is 21.3 Å². The highest BCUT2D eigenvalue weighted by Crippen LogP contribution is 2.34. The molecular weight excluding hydrogens is 248 g/mol. The topological polar surface area (TPSA) is 42.7 Å². The van der Waals surface area contributed by atoms with E-state index in [1.54, 1.807) is 0 Å². The van der Waals surface area contributed by atoms with E-state index >= 15 is 0 Å². The van der Waals surface area contributed by atoms with Crippen LogP contribution in [-0.2, 0) is 12.0 Å². The normalized spacial score (nSPS) is 12.1. The van der Waals surface area contributed by atoms with Crippen LogP contribution in [0.4, 0.5) is 5.69 Å². The van der Waals surface area contributed by atoms with Crippen molar-refractivity contribution in [2.75, 3.05) is 11.9 Å². The van der Waals surface area contributed by atoms with E-state index in [1.165, 1.54) is 24.1 Å². The molecule has 2 aromatic rings. The minimum Gasteiger partial charge on any atom is -0.384 e. The Morgan fingerprint density at radius 1 is 1.20 bits per heavy atom. The molecule has 2 rings (SSSR count). The van der Waals surface area contributed by atoms with Crippen molar-refractivity contribution in [3.8, 4) is 0 Å². The summed E-state index contributed by atoms with van der Waals surface area (Å²) in [7, 11) is 0. The number of aromatic nitrogens is 3. The number of aryl methyl sites for hydroxylation is 1. The van der Waals surface area contributed by atoms with Gasteiger partial charge in [-0.05, 0) is 24.3 Å². The van der Waals surface area contributed by atoms with Crippen molar-refractivity contribution in [2.24, 2.45) is 0 Å². The van der Waals surface area contributed by atoms with Crippen LogP contribution in [0.2, 0.25) is 0 Å². The summed E-state index contributed by atoms with van der Waals surface area (Å²) in [5.41, 5.74) is 3.51. The molecule has 0 unspecified atom stereocenters. The van der Waals surface area contributed by atoms with Crippen molar-refractivity contribution in [1.29, 1.82) is 0 Å². The van der Waals surface area contributed by atoms with Gasteiger partial charge in [0.2, 0.25) is 0 Å². The van der Waals surface area contributed by atoms with E-state index in [-0.39, 0.29) is 5.41 Å². The van der Waals surface area contributed by atoms with Gasteiger partial charge in [0.05, 0.1) is 17.3 Å². The van der Waals surface area contributed by atoms with E-state index < -0.39 is 0 Å². The Morgan fingerprint density at radius 2 is 1.95 bits per heavy atom. The van der Waals surface area contributed by atoms with E-state index in [4.69, 9.17) is 0 Å². The van der Waals surface area contributed by atoms with Gasteiger partial charge in [0.1, 0.15) is 0 Å². The van der Waals surface area contributed by atoms with Gasteiger partial charge >= 0.3 is 0 Å². The molecule has 0 aliphatic carbocycles. The largest absolute Gasteiger partial charge is 0.384 e. The van der Waals surface area contributed by atoms with E-state index in [0.717, 1.165) is 24.1 Å². The summed E-state index contributed by atoms with van der Waals surface area (Å²) < 4.78 is 1.95. The van der Waals surface area contributed by atoms with Gasteiger partial charge in [-0.3, -0.25) is 0 Å². The molecule has 0 aromatic carbocycles. The van der Waals surface area contributed by atoms with Crippen LogP contribution in [0.15, 0.2) is 12.4 Å². The quantitative estimate of drug-likeness (QED) is 0.839. The van der Waals surface area contributed by atoms with Crippen LogP contribution in [0.5, 0.6) is 0 Å². The molecule has 0 saturated carbocycles. The van der Waals surface area contributed by atoms with Gasteiger partial charge in [-0.25, -0.2) is 9.67 Å². The number of nitrogens with one attached hydrogen (secondary N) is 1. The molecule has 0 atom stereocenters. The average molecular weight is 274 g/mol. The van der Waals surface area contributed by atoms with Gasteiger partial charge in [-0.1, -0.05) is 34.1 Å². The number of pyridine rings is 1. The SMILES string of the molecule is CCCCNc1c(C(C)(C)C)cnc2c1cnn2CC. The van der Waals surface area contributed by atoms with Crippen molar-refractivity contribution in [3.05, 3.63) is 18.0 Å². The summed E-state index contributed by atoms with van der Waals surface area (Å²) in [6.45, 7) is 12.8. The van der Waals surface area contributed by atoms with E-state index in [1.807, 2.05) is 17.1 Å². The first-order valence-electron chi connectivity index (χ1n) is 7.57. The molecule has 0 saturated heterocycles. The van der Waals surface area contributed by atoms with Gasteiger partial charge in [0.25, 0.3) is 0 Å². The number of hydrogen-bond acceptors (Lipinski definition) is 3. The van der Waals surface area contributed by atoms with E-state index in [9.17, 15) is 0 Å². The highest BCUT2D eigenvalue weighted by molar-refractivity contribution is 5.91. The molecule has 0 spiro atoms. The first-order chi connectivity index (χ1) is 9.49. The third-order valence-electron chi connectivity index (χ3n) is 3.61. The number of fused-ring (bicyclic) bond motifs is 1. The highest BCUT2D eigenvalue weighted by Gasteiger charge is 2.21. The summed E-state index contributed by atoms with van der Waals surface area (Å²) in [4.78, 5) is 4.63. The lowest BCUT2D eigenvalue weighted by Crippen LogP contribution is -2.16. The molecule has 4 heteroatoms. The van der Waals surface area contributed by atoms with Gasteiger partial charge in [-0.2, -0.15) is 5.10 Å². The second kappa shape index (κ2) is 5.81. The Morgan fingerprint density at radius 3 is 2.55 bits per heavy atom. The Bertz CT molecular complexity index is 578. The molecule has 0 fully saturated rings. The van der Waals surface area contributed by atoms with Crippen molar-refractivity contribution in [1.82, 2.24) is 14.8 Å². The fourth-order valence-electron chi connectivity index (χ4n) is 2.41. The lowest BCUT2D eigenvalue weighted by molar-refractivity contribution is 0.589. The molecule has 110 valence electrons. The molecule has 2 heterocycles. The predicted octanol–water partition coefficient (Wildman–Crippen LogP) is 3.96. The van der Waals surface area contributed by atoms with Crippen molar-refractivity contribution in [2.45, 2.75) is 59.4 Å². The van der Waals surface area contributed by atoms with Crippen molar-refractivity contribution >= 4 is 16.7 Å². The second-order valence-electron chi connectivity index (χ2n) is 6.27. The zero-order valence-electron chi connectivity index (χ0n) is 13.3. The molecule has 2 aromatic heterocycles. The molecule has 0 radical (unpaired) electrons. The van der Waals surface area contributed by atoms with Gasteiger partial charge < -0.3 is 5.32 Å². The van der Waals surface area contributed by atoms with Crippen LogP contribution in [0.1, 0.15) is 53.0 Å². The summed E-state index contributed by atoms with van der Waals surface area (Å²) in [6.07, 6.45) is 6.31. The predicted molar refractivity (Wildman–Crippen MR) is 85.3 cm³/mol. The third-order valence-corrected chi connectivity index (χ3v) is 3.61. The summed E-state index contributed by atoms with van der Waals surface area (Å²) in [5.74, 6) is 0. The number of rotatable bonds is 5. The van der Waals surface area contributed by atoms with Crippen LogP contribution in [0, 0.1) is 0 Å². The maximum Gasteiger partial charge on any atom is 0.159 e. The zero-order valence-corrected chi connectivity index (χ0v) is 13.3. The first-order valence-corrected chi connectivity index (χ1v) is 7.57. The van der Waals surface area contributed by atoms with Crippen LogP contribution in [0.3, 0.4) is 0 Å². The maximum absolute atomic E-state index is 4.63. The summed E-state index contributed by atoms with van der Waals surface area (Å²) in [5, 5.41) is 9.18. The van der Waals surface area contributed by atoms with Crippen LogP contribution >= 0.6 is 0 Å². The van der Waals surface area contributed by atoms with Gasteiger partial charge in [-0.15, -0.1) is 0 Å². The van der Waals surface area contributed by atoms with E-state index in [2.05, 4.69) is 50.0 Å². The Labute approximate surface area is 121 Å². The first kappa shape index (κ1) is 14.8. The number of nitrogens with zero attached hydrogens (tertiary/aromatic N) is 3. The second-order valence-corrected chi connectivity index (χ2v) is 6.27. The third kappa shape index (κ3) is 2.79. The highest BCUT2D eigenvalue weighted by atomic mass is 15.3. The van der Waals surface area contributed by atoms with Crippen molar-refractivity contribution in [3.63, 3.8) is 0 Å². The average Bonchev–Trinajstić information content (AvgIpc) is 2.81. The van der Waals surface area contributed by atoms with Gasteiger partial charge in [0.15, 0.2) is 5.65 Å². The molecule has 0 aliphatic rings. The van der Waals surface area contributed by atoms with Crippen LogP contribution in [0.25, 0.3) is 11.0 Å². The number of anilines is 1. The van der Waals surface area contributed by atoms with Crippen LogP contribution < -0.4 is 5.32 Å². The fraction of sp³-hybridized carbons (Fsp3) is 0.625. The monoisotopic (exact) mass is 274 g/mol. The Balaban J connectivity index is 2.53. The van der Waals surface area contributed by atoms with Crippen molar-refractivity contribution < 1.29 is 0 Å². The van der Waals surface area contributed by atoms with E-state index in [0.29, 0.717) is 0 Å². The van der Waals surface area contributed by atoms with Gasteiger partial charge in [0, 0.05) is 19.3 Å². The Hall–Kier alpha value is -1.58. The molecule has 4 nitrogen and oxygen atoms in total. The number of unbranched alkanes of at least 4 members (excludes halogenated alkanes) is 1. The summed E-state index contributed by atoms with van der Waals surface area (Å²) >= 11 is 0. The Kier molecular flexibility index (Phi) is 4.31. The fourth-order valence-corrected chi connectivity index (χ4v) is 2.41. The minimum absolute atomic E-state index is 0.0735. The maximum atomic E-state index is 4.63. The lowest BCUT2D eigenvalue weighted by atomic mass is 9.86. The molecule has 0 aliphatic heterocycles. The molecular formula is C16H26N4. The molecule has 0 bridgehead atoms. The molecule has 0 amide bonds.